The monoisotopic (exact) mass is 268 g/mol. The first kappa shape index (κ1) is 13.4. The molecule has 0 saturated carbocycles. The van der Waals surface area contributed by atoms with Gasteiger partial charge in [0.15, 0.2) is 5.16 Å². The first-order valence-electron chi connectivity index (χ1n) is 6.23. The van der Waals surface area contributed by atoms with Crippen LogP contribution in [0.15, 0.2) is 11.2 Å². The van der Waals surface area contributed by atoms with Crippen molar-refractivity contribution in [2.24, 2.45) is 5.92 Å². The fourth-order valence-electron chi connectivity index (χ4n) is 2.04. The molecule has 18 heavy (non-hydrogen) atoms. The molecule has 0 aliphatic carbocycles. The van der Waals surface area contributed by atoms with E-state index in [-0.39, 0.29) is 0 Å². The summed E-state index contributed by atoms with van der Waals surface area (Å²) < 4.78 is 5.17. The number of nitrogens with one attached hydrogen (secondary N) is 2. The highest BCUT2D eigenvalue weighted by Crippen LogP contribution is 2.19. The molecule has 0 bridgehead atoms. The largest absolute Gasteiger partial charge is 0.481 e. The molecule has 0 aromatic carbocycles. The van der Waals surface area contributed by atoms with Crippen molar-refractivity contribution in [2.45, 2.75) is 18.0 Å². The first-order valence-corrected chi connectivity index (χ1v) is 7.46. The molecule has 2 N–H and O–H groups in total. The molecule has 1 atom stereocenters. The van der Waals surface area contributed by atoms with E-state index >= 15 is 0 Å². The Hall–Kier alpha value is -1.01. The summed E-state index contributed by atoms with van der Waals surface area (Å²) in [6, 6.07) is 1.84. The van der Waals surface area contributed by atoms with Crippen LogP contribution in [0.4, 0.5) is 5.82 Å². The molecular weight excluding hydrogens is 248 g/mol. The number of ether oxygens (including phenoxy) is 1. The van der Waals surface area contributed by atoms with Crippen LogP contribution in [0, 0.1) is 5.92 Å². The number of hydrogen-bond donors (Lipinski definition) is 2. The maximum Gasteiger partial charge on any atom is 0.219 e. The van der Waals surface area contributed by atoms with Crippen molar-refractivity contribution < 1.29 is 4.74 Å². The molecule has 1 aromatic heterocycles. The van der Waals surface area contributed by atoms with Crippen molar-refractivity contribution in [1.29, 1.82) is 0 Å². The number of thioether (sulfide) groups is 1. The quantitative estimate of drug-likeness (QED) is 0.625. The van der Waals surface area contributed by atoms with Gasteiger partial charge in [-0.25, -0.2) is 4.98 Å². The maximum absolute atomic E-state index is 5.17. The molecule has 1 aliphatic heterocycles. The van der Waals surface area contributed by atoms with Crippen molar-refractivity contribution in [2.75, 3.05) is 38.3 Å². The number of methoxy groups -OCH3 is 1. The lowest BCUT2D eigenvalue weighted by atomic mass is 10.00. The fraction of sp³-hybridized carbons (Fsp3) is 0.667. The van der Waals surface area contributed by atoms with Crippen molar-refractivity contribution >= 4 is 17.6 Å². The molecule has 2 heterocycles. The van der Waals surface area contributed by atoms with Gasteiger partial charge in [-0.3, -0.25) is 0 Å². The number of piperidine rings is 1. The molecule has 100 valence electrons. The van der Waals surface area contributed by atoms with E-state index in [4.69, 9.17) is 4.74 Å². The van der Waals surface area contributed by atoms with E-state index in [0.717, 1.165) is 30.6 Å². The summed E-state index contributed by atoms with van der Waals surface area (Å²) in [6.07, 6.45) is 4.50. The van der Waals surface area contributed by atoms with Gasteiger partial charge < -0.3 is 15.4 Å². The zero-order valence-electron chi connectivity index (χ0n) is 10.9. The number of aromatic nitrogens is 2. The van der Waals surface area contributed by atoms with E-state index in [0.29, 0.717) is 11.8 Å². The number of nitrogens with zero attached hydrogens (tertiary/aromatic N) is 2. The summed E-state index contributed by atoms with van der Waals surface area (Å²) >= 11 is 1.52. The van der Waals surface area contributed by atoms with Crippen LogP contribution in [0.5, 0.6) is 5.88 Å². The van der Waals surface area contributed by atoms with Crippen LogP contribution in [-0.4, -0.2) is 43.0 Å². The van der Waals surface area contributed by atoms with Crippen LogP contribution in [0.3, 0.4) is 0 Å². The molecule has 6 heteroatoms. The average Bonchev–Trinajstić information content (AvgIpc) is 2.45. The second kappa shape index (κ2) is 6.80. The summed E-state index contributed by atoms with van der Waals surface area (Å²) in [5.74, 6) is 2.13. The predicted octanol–water partition coefficient (Wildman–Crippen LogP) is 1.62. The van der Waals surface area contributed by atoms with Gasteiger partial charge in [-0.2, -0.15) is 4.98 Å². The second-order valence-corrected chi connectivity index (χ2v) is 5.15. The van der Waals surface area contributed by atoms with E-state index < -0.39 is 0 Å². The van der Waals surface area contributed by atoms with Gasteiger partial charge in [0.1, 0.15) is 5.82 Å². The fourth-order valence-corrected chi connectivity index (χ4v) is 2.41. The lowest BCUT2D eigenvalue weighted by Gasteiger charge is -2.23. The van der Waals surface area contributed by atoms with Crippen molar-refractivity contribution in [3.63, 3.8) is 0 Å². The van der Waals surface area contributed by atoms with Crippen LogP contribution in [-0.2, 0) is 0 Å². The van der Waals surface area contributed by atoms with Gasteiger partial charge in [0, 0.05) is 12.6 Å². The molecule has 1 unspecified atom stereocenters. The smallest absolute Gasteiger partial charge is 0.219 e. The van der Waals surface area contributed by atoms with Crippen LogP contribution in [0.2, 0.25) is 0 Å². The second-order valence-electron chi connectivity index (χ2n) is 4.38. The van der Waals surface area contributed by atoms with Gasteiger partial charge >= 0.3 is 0 Å². The normalized spacial score (nSPS) is 19.6. The highest BCUT2D eigenvalue weighted by molar-refractivity contribution is 7.98. The lowest BCUT2D eigenvalue weighted by Crippen LogP contribution is -2.33. The third-order valence-electron chi connectivity index (χ3n) is 3.04. The van der Waals surface area contributed by atoms with Crippen LogP contribution >= 0.6 is 11.8 Å². The minimum atomic E-state index is 0.610. The molecule has 1 fully saturated rings. The van der Waals surface area contributed by atoms with Gasteiger partial charge in [0.2, 0.25) is 5.88 Å². The summed E-state index contributed by atoms with van der Waals surface area (Å²) in [4.78, 5) is 8.67. The Morgan fingerprint density at radius 2 is 2.44 bits per heavy atom. The van der Waals surface area contributed by atoms with Crippen LogP contribution in [0.1, 0.15) is 12.8 Å². The highest BCUT2D eigenvalue weighted by atomic mass is 32.2. The molecule has 1 aromatic rings. The molecule has 0 spiro atoms. The third kappa shape index (κ3) is 3.74. The summed E-state index contributed by atoms with van der Waals surface area (Å²) in [5.41, 5.74) is 0. The summed E-state index contributed by atoms with van der Waals surface area (Å²) in [6.45, 7) is 3.18. The Balaban J connectivity index is 1.94. The Kier molecular flexibility index (Phi) is 5.07. The zero-order valence-corrected chi connectivity index (χ0v) is 11.7. The topological polar surface area (TPSA) is 59.1 Å². The Morgan fingerprint density at radius 1 is 1.56 bits per heavy atom. The molecule has 2 rings (SSSR count). The molecule has 1 saturated heterocycles. The molecular formula is C12H20N4OS. The average molecular weight is 268 g/mol. The summed E-state index contributed by atoms with van der Waals surface area (Å²) in [7, 11) is 1.63. The first-order chi connectivity index (χ1) is 8.81. The van der Waals surface area contributed by atoms with E-state index in [1.165, 1.54) is 24.6 Å². The zero-order chi connectivity index (χ0) is 12.8. The van der Waals surface area contributed by atoms with Crippen LogP contribution in [0.25, 0.3) is 0 Å². The minimum absolute atomic E-state index is 0.610. The number of anilines is 1. The molecule has 1 aliphatic rings. The number of hydrogen-bond acceptors (Lipinski definition) is 6. The minimum Gasteiger partial charge on any atom is -0.481 e. The van der Waals surface area contributed by atoms with Gasteiger partial charge in [0.25, 0.3) is 0 Å². The van der Waals surface area contributed by atoms with Gasteiger partial charge in [0.05, 0.1) is 7.11 Å². The van der Waals surface area contributed by atoms with Crippen molar-refractivity contribution in [3.8, 4) is 5.88 Å². The van der Waals surface area contributed by atoms with E-state index in [1.807, 2.05) is 12.3 Å². The van der Waals surface area contributed by atoms with Gasteiger partial charge in [-0.15, -0.1) is 0 Å². The maximum atomic E-state index is 5.17. The highest BCUT2D eigenvalue weighted by Gasteiger charge is 2.13. The molecule has 0 radical (unpaired) electrons. The Morgan fingerprint density at radius 3 is 3.11 bits per heavy atom. The SMILES string of the molecule is COc1cc(NCC2CCCNC2)nc(SC)n1. The van der Waals surface area contributed by atoms with Gasteiger partial charge in [-0.1, -0.05) is 11.8 Å². The van der Waals surface area contributed by atoms with Crippen LogP contribution < -0.4 is 15.4 Å². The molecule has 0 amide bonds. The predicted molar refractivity (Wildman–Crippen MR) is 74.4 cm³/mol. The standard InChI is InChI=1S/C12H20N4OS/c1-17-11-6-10(15-12(16-11)18-2)14-8-9-4-3-5-13-7-9/h6,9,13H,3-5,7-8H2,1-2H3,(H,14,15,16). The summed E-state index contributed by atoms with van der Waals surface area (Å²) in [5, 5.41) is 7.53. The Labute approximate surface area is 112 Å². The van der Waals surface area contributed by atoms with E-state index in [9.17, 15) is 0 Å². The van der Waals surface area contributed by atoms with Crippen molar-refractivity contribution in [1.82, 2.24) is 15.3 Å². The third-order valence-corrected chi connectivity index (χ3v) is 3.59. The molecule has 5 nitrogen and oxygen atoms in total. The van der Waals surface area contributed by atoms with Gasteiger partial charge in [-0.05, 0) is 38.1 Å². The van der Waals surface area contributed by atoms with Crippen molar-refractivity contribution in [3.05, 3.63) is 6.07 Å². The van der Waals surface area contributed by atoms with E-state index in [1.54, 1.807) is 7.11 Å². The van der Waals surface area contributed by atoms with E-state index in [2.05, 4.69) is 20.6 Å². The number of rotatable bonds is 5. The lowest BCUT2D eigenvalue weighted by molar-refractivity contribution is 0.389. The Bertz CT molecular complexity index is 360.